The molecule has 27 heavy (non-hydrogen) atoms. The average molecular weight is 382 g/mol. The average Bonchev–Trinajstić information content (AvgIpc) is 2.87. The molecule has 0 amide bonds. The van der Waals surface area contributed by atoms with Crippen molar-refractivity contribution in [2.75, 3.05) is 0 Å². The Morgan fingerprint density at radius 2 is 1.96 bits per heavy atom. The van der Waals surface area contributed by atoms with E-state index in [1.165, 1.54) is 0 Å². The highest BCUT2D eigenvalue weighted by Crippen LogP contribution is 2.38. The lowest BCUT2D eigenvalue weighted by Gasteiger charge is -2.20. The summed E-state index contributed by atoms with van der Waals surface area (Å²) in [4.78, 5) is 22.6. The summed E-state index contributed by atoms with van der Waals surface area (Å²) in [6, 6.07) is 0. The topological polar surface area (TPSA) is 94.8 Å². The molecular weight excluding hydrogens is 351 g/mol. The molecule has 0 aromatic heterocycles. The Balaban J connectivity index is 2.60. The molecule has 1 aliphatic carbocycles. The molecule has 1 aliphatic rings. The molecule has 0 aromatic rings. The number of rotatable bonds is 11. The minimum absolute atomic E-state index is 0.0150. The van der Waals surface area contributed by atoms with Crippen LogP contribution in [0.5, 0.6) is 0 Å². The van der Waals surface area contributed by atoms with Crippen LogP contribution >= 0.6 is 0 Å². The van der Waals surface area contributed by atoms with Gasteiger partial charge in [-0.15, -0.1) is 11.8 Å². The maximum Gasteiger partial charge on any atom is 0.303 e. The number of aliphatic hydroxyl groups is 2. The number of aliphatic carboxylic acids is 1. The Kier molecular flexibility index (Phi) is 10.3. The van der Waals surface area contributed by atoms with E-state index in [1.807, 2.05) is 6.92 Å². The van der Waals surface area contributed by atoms with E-state index in [1.54, 1.807) is 19.1 Å². The maximum atomic E-state index is 14.3. The molecule has 5 nitrogen and oxygen atoms in total. The zero-order valence-electron chi connectivity index (χ0n) is 16.1. The summed E-state index contributed by atoms with van der Waals surface area (Å²) in [5.74, 6) is 3.46. The number of unbranched alkanes of at least 4 members (excludes halogenated alkanes) is 1. The van der Waals surface area contributed by atoms with Crippen LogP contribution in [0.15, 0.2) is 12.2 Å². The Bertz CT molecular complexity index is 577. The molecular formula is C21H31FO5. The van der Waals surface area contributed by atoms with Crippen molar-refractivity contribution in [2.24, 2.45) is 17.8 Å². The summed E-state index contributed by atoms with van der Waals surface area (Å²) in [6.45, 7) is 3.59. The summed E-state index contributed by atoms with van der Waals surface area (Å²) in [6.07, 6.45) is 1.98. The van der Waals surface area contributed by atoms with E-state index >= 15 is 0 Å². The van der Waals surface area contributed by atoms with Gasteiger partial charge in [0.25, 0.3) is 0 Å². The lowest BCUT2D eigenvalue weighted by molar-refractivity contribution is -0.137. The molecule has 0 unspecified atom stereocenters. The first-order valence-corrected chi connectivity index (χ1v) is 9.57. The molecule has 0 aromatic carbocycles. The summed E-state index contributed by atoms with van der Waals surface area (Å²) in [5.41, 5.74) is 0. The van der Waals surface area contributed by atoms with Gasteiger partial charge in [-0.2, -0.15) is 0 Å². The highest BCUT2D eigenvalue weighted by molar-refractivity contribution is 5.78. The third kappa shape index (κ3) is 8.23. The first-order chi connectivity index (χ1) is 12.8. The highest BCUT2D eigenvalue weighted by atomic mass is 19.1. The Morgan fingerprint density at radius 1 is 1.30 bits per heavy atom. The van der Waals surface area contributed by atoms with Gasteiger partial charge in [-0.3, -0.25) is 9.59 Å². The molecule has 152 valence electrons. The third-order valence-electron chi connectivity index (χ3n) is 5.14. The Hall–Kier alpha value is -1.71. The van der Waals surface area contributed by atoms with Crippen LogP contribution in [0.4, 0.5) is 4.39 Å². The zero-order valence-corrected chi connectivity index (χ0v) is 16.1. The van der Waals surface area contributed by atoms with Crippen molar-refractivity contribution in [2.45, 2.75) is 77.2 Å². The summed E-state index contributed by atoms with van der Waals surface area (Å²) < 4.78 is 14.3. The monoisotopic (exact) mass is 382 g/mol. The van der Waals surface area contributed by atoms with Gasteiger partial charge in [-0.25, -0.2) is 4.39 Å². The molecule has 0 aliphatic heterocycles. The lowest BCUT2D eigenvalue weighted by Crippen LogP contribution is -2.23. The second-order valence-electron chi connectivity index (χ2n) is 7.39. The van der Waals surface area contributed by atoms with Gasteiger partial charge < -0.3 is 15.3 Å². The summed E-state index contributed by atoms with van der Waals surface area (Å²) in [5, 5.41) is 28.9. The van der Waals surface area contributed by atoms with Crippen LogP contribution < -0.4 is 0 Å². The van der Waals surface area contributed by atoms with Gasteiger partial charge in [0, 0.05) is 43.9 Å². The van der Waals surface area contributed by atoms with Crippen molar-refractivity contribution in [1.82, 2.24) is 0 Å². The molecule has 6 heteroatoms. The number of alkyl halides is 1. The number of aliphatic hydroxyl groups excluding tert-OH is 2. The van der Waals surface area contributed by atoms with Crippen LogP contribution in [0.25, 0.3) is 0 Å². The van der Waals surface area contributed by atoms with E-state index in [0.717, 1.165) is 0 Å². The number of Topliss-reactive ketones (excluding diaryl/α,β-unsaturated/α-hetero) is 1. The molecule has 0 spiro atoms. The normalized spacial score (nSPS) is 27.1. The number of ketones is 1. The molecule has 0 bridgehead atoms. The lowest BCUT2D eigenvalue weighted by atomic mass is 9.87. The van der Waals surface area contributed by atoms with Gasteiger partial charge >= 0.3 is 5.97 Å². The van der Waals surface area contributed by atoms with Gasteiger partial charge in [-0.05, 0) is 25.7 Å². The number of carboxylic acids is 1. The van der Waals surface area contributed by atoms with Crippen LogP contribution in [-0.2, 0) is 9.59 Å². The van der Waals surface area contributed by atoms with Gasteiger partial charge in [0.2, 0.25) is 0 Å². The van der Waals surface area contributed by atoms with Crippen LogP contribution in [0.2, 0.25) is 0 Å². The summed E-state index contributed by atoms with van der Waals surface area (Å²) in [7, 11) is 0. The van der Waals surface area contributed by atoms with Crippen molar-refractivity contribution < 1.29 is 29.3 Å². The Morgan fingerprint density at radius 3 is 2.59 bits per heavy atom. The van der Waals surface area contributed by atoms with Crippen LogP contribution in [-0.4, -0.2) is 45.5 Å². The molecule has 0 heterocycles. The Labute approximate surface area is 160 Å². The van der Waals surface area contributed by atoms with Crippen molar-refractivity contribution in [3.63, 3.8) is 0 Å². The van der Waals surface area contributed by atoms with E-state index in [4.69, 9.17) is 5.11 Å². The minimum Gasteiger partial charge on any atom is -0.481 e. The first kappa shape index (κ1) is 23.3. The minimum atomic E-state index is -1.27. The predicted molar refractivity (Wildman–Crippen MR) is 101 cm³/mol. The fourth-order valence-electron chi connectivity index (χ4n) is 3.40. The van der Waals surface area contributed by atoms with Crippen LogP contribution in [0.1, 0.15) is 58.8 Å². The van der Waals surface area contributed by atoms with Gasteiger partial charge in [0.1, 0.15) is 12.0 Å². The fourth-order valence-corrected chi connectivity index (χ4v) is 3.40. The fraction of sp³-hybridized carbons (Fsp3) is 0.714. The molecule has 1 saturated carbocycles. The molecule has 3 N–H and O–H groups in total. The quantitative estimate of drug-likeness (QED) is 0.290. The number of hydrogen-bond acceptors (Lipinski definition) is 4. The third-order valence-corrected chi connectivity index (χ3v) is 5.14. The van der Waals surface area contributed by atoms with Gasteiger partial charge in [-0.1, -0.05) is 19.1 Å². The SMILES string of the molecule is CC#CC[C@H](C)[C@H](O)/C=C/[C@@H]1[C@@H](CC(=O)CCCCC(=O)O)[C@@H](F)C[C@H]1O. The zero-order chi connectivity index (χ0) is 20.4. The number of carbonyl (C=O) groups is 2. The van der Waals surface area contributed by atoms with E-state index < -0.39 is 36.2 Å². The standard InChI is InChI=1S/C21H31FO5/c1-3-4-7-14(2)19(24)11-10-16-17(18(22)13-20(16)25)12-15(23)8-5-6-9-21(26)27/h10-11,14,16-20,24-25H,5-9,12-13H2,1-2H3,(H,26,27)/b11-10+/t14-,16+,17+,18-,19+,20+/m0/s1. The van der Waals surface area contributed by atoms with E-state index in [-0.39, 0.29) is 37.4 Å². The predicted octanol–water partition coefficient (Wildman–Crippen LogP) is 2.89. The number of hydrogen-bond donors (Lipinski definition) is 3. The maximum absolute atomic E-state index is 14.3. The first-order valence-electron chi connectivity index (χ1n) is 9.57. The van der Waals surface area contributed by atoms with Crippen molar-refractivity contribution in [3.8, 4) is 11.8 Å². The summed E-state index contributed by atoms with van der Waals surface area (Å²) >= 11 is 0. The van der Waals surface area contributed by atoms with Crippen molar-refractivity contribution in [3.05, 3.63) is 12.2 Å². The molecule has 1 fully saturated rings. The largest absolute Gasteiger partial charge is 0.481 e. The highest BCUT2D eigenvalue weighted by Gasteiger charge is 2.42. The van der Waals surface area contributed by atoms with Crippen molar-refractivity contribution >= 4 is 11.8 Å². The second kappa shape index (κ2) is 11.9. The van der Waals surface area contributed by atoms with Gasteiger partial charge in [0.05, 0.1) is 12.2 Å². The van der Waals surface area contributed by atoms with E-state index in [2.05, 4.69) is 11.8 Å². The van der Waals surface area contributed by atoms with E-state index in [9.17, 15) is 24.2 Å². The molecule has 0 radical (unpaired) electrons. The van der Waals surface area contributed by atoms with E-state index in [0.29, 0.717) is 19.3 Å². The number of carbonyl (C=O) groups excluding carboxylic acids is 1. The van der Waals surface area contributed by atoms with Crippen LogP contribution in [0.3, 0.4) is 0 Å². The second-order valence-corrected chi connectivity index (χ2v) is 7.39. The number of carboxylic acid groups (broad SMARTS) is 1. The van der Waals surface area contributed by atoms with Crippen LogP contribution in [0, 0.1) is 29.6 Å². The smallest absolute Gasteiger partial charge is 0.303 e. The number of halogens is 1. The molecule has 1 rings (SSSR count). The molecule has 6 atom stereocenters. The van der Waals surface area contributed by atoms with Crippen molar-refractivity contribution in [1.29, 1.82) is 0 Å². The van der Waals surface area contributed by atoms with Gasteiger partial charge in [0.15, 0.2) is 0 Å². The molecule has 0 saturated heterocycles.